The van der Waals surface area contributed by atoms with E-state index >= 15 is 0 Å². The molecular weight excluding hydrogens is 238 g/mol. The maximum Gasteiger partial charge on any atom is 0.0390 e. The van der Waals surface area contributed by atoms with Crippen LogP contribution in [0.4, 0.5) is 5.69 Å². The van der Waals surface area contributed by atoms with Gasteiger partial charge in [-0.05, 0) is 43.9 Å². The van der Waals surface area contributed by atoms with Gasteiger partial charge in [-0.25, -0.2) is 0 Å². The summed E-state index contributed by atoms with van der Waals surface area (Å²) in [6.45, 7) is 6.81. The van der Waals surface area contributed by atoms with E-state index in [1.54, 1.807) is 0 Å². The van der Waals surface area contributed by atoms with Crippen molar-refractivity contribution in [3.63, 3.8) is 0 Å². The van der Waals surface area contributed by atoms with E-state index in [-0.39, 0.29) is 5.54 Å². The summed E-state index contributed by atoms with van der Waals surface area (Å²) in [6, 6.07) is 6.37. The molecule has 0 saturated carbocycles. The zero-order valence-electron chi connectivity index (χ0n) is 8.89. The predicted molar refractivity (Wildman–Crippen MR) is 64.9 cm³/mol. The highest BCUT2D eigenvalue weighted by molar-refractivity contribution is 9.10. The Labute approximate surface area is 94.0 Å². The molecule has 1 aliphatic heterocycles. The lowest BCUT2D eigenvalue weighted by atomic mass is 9.82. The summed E-state index contributed by atoms with van der Waals surface area (Å²) in [5.41, 5.74) is 2.92. The molecular formula is C12H16BrN. The molecule has 1 aromatic rings. The second kappa shape index (κ2) is 3.27. The highest BCUT2D eigenvalue weighted by Gasteiger charge is 2.29. The van der Waals surface area contributed by atoms with Gasteiger partial charge in [0.1, 0.15) is 0 Å². The standard InChI is InChI=1S/C12H16BrN/c1-8-7-12(2,3)14-10-6-4-5-9(13)11(8)10/h4-6,8,14H,7H2,1-3H3. The van der Waals surface area contributed by atoms with Crippen LogP contribution in [0.5, 0.6) is 0 Å². The SMILES string of the molecule is CC1CC(C)(C)Nc2cccc(Br)c21. The van der Waals surface area contributed by atoms with Crippen LogP contribution in [-0.4, -0.2) is 5.54 Å². The van der Waals surface area contributed by atoms with Gasteiger partial charge in [-0.1, -0.05) is 28.9 Å². The van der Waals surface area contributed by atoms with Crippen molar-refractivity contribution in [3.8, 4) is 0 Å². The molecule has 76 valence electrons. The van der Waals surface area contributed by atoms with Crippen molar-refractivity contribution in [2.45, 2.75) is 38.6 Å². The number of rotatable bonds is 0. The van der Waals surface area contributed by atoms with Crippen LogP contribution in [0, 0.1) is 0 Å². The van der Waals surface area contributed by atoms with Gasteiger partial charge in [-0.15, -0.1) is 0 Å². The number of hydrogen-bond acceptors (Lipinski definition) is 1. The zero-order valence-corrected chi connectivity index (χ0v) is 10.5. The Balaban J connectivity index is 2.50. The number of anilines is 1. The second-order valence-electron chi connectivity index (χ2n) is 4.82. The third kappa shape index (κ3) is 1.68. The fourth-order valence-electron chi connectivity index (χ4n) is 2.43. The minimum Gasteiger partial charge on any atom is -0.380 e. The average Bonchev–Trinajstić information content (AvgIpc) is 2.00. The molecule has 0 spiro atoms. The molecule has 1 unspecified atom stereocenters. The average molecular weight is 254 g/mol. The van der Waals surface area contributed by atoms with Gasteiger partial charge in [0.05, 0.1) is 0 Å². The smallest absolute Gasteiger partial charge is 0.0390 e. The van der Waals surface area contributed by atoms with Crippen molar-refractivity contribution >= 4 is 21.6 Å². The highest BCUT2D eigenvalue weighted by atomic mass is 79.9. The highest BCUT2D eigenvalue weighted by Crippen LogP contribution is 2.41. The molecule has 0 aromatic heterocycles. The van der Waals surface area contributed by atoms with Crippen molar-refractivity contribution < 1.29 is 0 Å². The van der Waals surface area contributed by atoms with E-state index in [1.165, 1.54) is 22.1 Å². The Hall–Kier alpha value is -0.500. The summed E-state index contributed by atoms with van der Waals surface area (Å²) >= 11 is 3.62. The Morgan fingerprint density at radius 1 is 1.43 bits per heavy atom. The molecule has 0 bridgehead atoms. The van der Waals surface area contributed by atoms with Gasteiger partial charge in [-0.3, -0.25) is 0 Å². The number of fused-ring (bicyclic) bond motifs is 1. The van der Waals surface area contributed by atoms with E-state index in [0.717, 1.165) is 0 Å². The first-order valence-electron chi connectivity index (χ1n) is 5.06. The number of nitrogens with one attached hydrogen (secondary N) is 1. The van der Waals surface area contributed by atoms with Crippen molar-refractivity contribution in [1.29, 1.82) is 0 Å². The van der Waals surface area contributed by atoms with Crippen LogP contribution >= 0.6 is 15.9 Å². The third-order valence-corrected chi connectivity index (χ3v) is 3.53. The zero-order chi connectivity index (χ0) is 10.3. The molecule has 0 amide bonds. The van der Waals surface area contributed by atoms with E-state index in [4.69, 9.17) is 0 Å². The van der Waals surface area contributed by atoms with Crippen LogP contribution in [0.15, 0.2) is 22.7 Å². The molecule has 2 rings (SSSR count). The Bertz CT molecular complexity index is 357. The summed E-state index contributed by atoms with van der Waals surface area (Å²) in [5, 5.41) is 3.58. The van der Waals surface area contributed by atoms with Crippen LogP contribution < -0.4 is 5.32 Å². The minimum absolute atomic E-state index is 0.215. The molecule has 0 radical (unpaired) electrons. The summed E-state index contributed by atoms with van der Waals surface area (Å²) in [5.74, 6) is 0.622. The molecule has 2 heteroatoms. The summed E-state index contributed by atoms with van der Waals surface area (Å²) in [6.07, 6.45) is 1.18. The molecule has 1 aliphatic rings. The molecule has 1 heterocycles. The van der Waals surface area contributed by atoms with E-state index in [2.05, 4.69) is 60.2 Å². The van der Waals surface area contributed by atoms with Crippen LogP contribution in [0.2, 0.25) is 0 Å². The van der Waals surface area contributed by atoms with Crippen LogP contribution in [0.25, 0.3) is 0 Å². The van der Waals surface area contributed by atoms with Gasteiger partial charge in [0.2, 0.25) is 0 Å². The molecule has 14 heavy (non-hydrogen) atoms. The van der Waals surface area contributed by atoms with Crippen LogP contribution in [0.3, 0.4) is 0 Å². The molecule has 1 aromatic carbocycles. The van der Waals surface area contributed by atoms with Gasteiger partial charge in [0.15, 0.2) is 0 Å². The van der Waals surface area contributed by atoms with Crippen molar-refractivity contribution in [2.24, 2.45) is 0 Å². The van der Waals surface area contributed by atoms with Crippen molar-refractivity contribution in [3.05, 3.63) is 28.2 Å². The topological polar surface area (TPSA) is 12.0 Å². The fraction of sp³-hybridized carbons (Fsp3) is 0.500. The largest absolute Gasteiger partial charge is 0.380 e. The molecule has 0 aliphatic carbocycles. The predicted octanol–water partition coefficient (Wildman–Crippen LogP) is 4.15. The Morgan fingerprint density at radius 3 is 2.86 bits per heavy atom. The fourth-order valence-corrected chi connectivity index (χ4v) is 3.19. The lowest BCUT2D eigenvalue weighted by Gasteiger charge is -2.38. The normalized spacial score (nSPS) is 23.9. The number of halogens is 1. The van der Waals surface area contributed by atoms with Gasteiger partial charge < -0.3 is 5.32 Å². The third-order valence-electron chi connectivity index (χ3n) is 2.84. The monoisotopic (exact) mass is 253 g/mol. The van der Waals surface area contributed by atoms with Gasteiger partial charge in [0, 0.05) is 15.7 Å². The van der Waals surface area contributed by atoms with E-state index < -0.39 is 0 Å². The van der Waals surface area contributed by atoms with Crippen molar-refractivity contribution in [1.82, 2.24) is 0 Å². The summed E-state index contributed by atoms with van der Waals surface area (Å²) in [7, 11) is 0. The van der Waals surface area contributed by atoms with E-state index in [1.807, 2.05) is 0 Å². The molecule has 0 fully saturated rings. The van der Waals surface area contributed by atoms with Crippen LogP contribution in [0.1, 0.15) is 38.7 Å². The van der Waals surface area contributed by atoms with Gasteiger partial charge in [0.25, 0.3) is 0 Å². The lowest BCUT2D eigenvalue weighted by Crippen LogP contribution is -2.36. The number of benzene rings is 1. The van der Waals surface area contributed by atoms with Gasteiger partial charge in [-0.2, -0.15) is 0 Å². The maximum absolute atomic E-state index is 3.62. The molecule has 1 atom stereocenters. The quantitative estimate of drug-likeness (QED) is 0.733. The lowest BCUT2D eigenvalue weighted by molar-refractivity contribution is 0.453. The Morgan fingerprint density at radius 2 is 2.14 bits per heavy atom. The van der Waals surface area contributed by atoms with E-state index in [0.29, 0.717) is 5.92 Å². The first-order chi connectivity index (χ1) is 6.49. The first-order valence-corrected chi connectivity index (χ1v) is 5.85. The summed E-state index contributed by atoms with van der Waals surface area (Å²) < 4.78 is 1.23. The van der Waals surface area contributed by atoms with Crippen LogP contribution in [-0.2, 0) is 0 Å². The molecule has 1 nitrogen and oxygen atoms in total. The van der Waals surface area contributed by atoms with E-state index in [9.17, 15) is 0 Å². The molecule has 1 N–H and O–H groups in total. The molecule has 0 saturated heterocycles. The minimum atomic E-state index is 0.215. The number of hydrogen-bond donors (Lipinski definition) is 1. The van der Waals surface area contributed by atoms with Crippen molar-refractivity contribution in [2.75, 3.05) is 5.32 Å². The summed E-state index contributed by atoms with van der Waals surface area (Å²) in [4.78, 5) is 0. The van der Waals surface area contributed by atoms with Gasteiger partial charge >= 0.3 is 0 Å². The second-order valence-corrected chi connectivity index (χ2v) is 5.67. The Kier molecular flexibility index (Phi) is 2.34. The maximum atomic E-state index is 3.62. The first kappa shape index (κ1) is 10.0.